The minimum Gasteiger partial charge on any atom is -0.484 e. The van der Waals surface area contributed by atoms with Gasteiger partial charge in [-0.3, -0.25) is 14.9 Å². The molecule has 0 fully saturated rings. The first-order valence-electron chi connectivity index (χ1n) is 6.80. The van der Waals surface area contributed by atoms with E-state index in [4.69, 9.17) is 16.3 Å². The number of amides is 1. The number of hydrogen-bond donors (Lipinski definition) is 1. The highest BCUT2D eigenvalue weighted by Crippen LogP contribution is 2.27. The van der Waals surface area contributed by atoms with Crippen LogP contribution in [0.15, 0.2) is 36.4 Å². The summed E-state index contributed by atoms with van der Waals surface area (Å²) in [6.45, 7) is 3.68. The SMILES string of the molecule is Cc1cc(C)cc(OCC(=O)Nc2ccc(Cl)c([N+](=O)[O-])c2)c1. The summed E-state index contributed by atoms with van der Waals surface area (Å²) in [6, 6.07) is 9.71. The van der Waals surface area contributed by atoms with Gasteiger partial charge < -0.3 is 10.1 Å². The Bertz CT molecular complexity index is 741. The molecule has 0 aliphatic heterocycles. The summed E-state index contributed by atoms with van der Waals surface area (Å²) in [5, 5.41) is 13.4. The van der Waals surface area contributed by atoms with Crippen LogP contribution < -0.4 is 10.1 Å². The molecule has 0 saturated carbocycles. The predicted octanol–water partition coefficient (Wildman–Crippen LogP) is 3.88. The first-order valence-corrected chi connectivity index (χ1v) is 7.18. The molecule has 0 radical (unpaired) electrons. The van der Waals surface area contributed by atoms with Gasteiger partial charge >= 0.3 is 0 Å². The fourth-order valence-electron chi connectivity index (χ4n) is 2.09. The molecule has 0 aliphatic carbocycles. The number of benzene rings is 2. The Kier molecular flexibility index (Phi) is 5.18. The van der Waals surface area contributed by atoms with Crippen LogP contribution >= 0.6 is 11.6 Å². The largest absolute Gasteiger partial charge is 0.484 e. The predicted molar refractivity (Wildman–Crippen MR) is 88.1 cm³/mol. The van der Waals surface area contributed by atoms with E-state index in [0.29, 0.717) is 5.75 Å². The van der Waals surface area contributed by atoms with Crippen LogP contribution in [0.3, 0.4) is 0 Å². The third kappa shape index (κ3) is 4.69. The fourth-order valence-corrected chi connectivity index (χ4v) is 2.28. The maximum absolute atomic E-state index is 11.9. The number of carbonyl (C=O) groups excluding carboxylic acids is 1. The van der Waals surface area contributed by atoms with Gasteiger partial charge in [-0.05, 0) is 49.2 Å². The third-order valence-electron chi connectivity index (χ3n) is 2.99. The average molecular weight is 335 g/mol. The van der Waals surface area contributed by atoms with Gasteiger partial charge in [0.05, 0.1) is 4.92 Å². The number of nitrogens with one attached hydrogen (secondary N) is 1. The number of ether oxygens (including phenoxy) is 1. The number of nitrogens with zero attached hydrogens (tertiary/aromatic N) is 1. The normalized spacial score (nSPS) is 10.2. The Balaban J connectivity index is 1.99. The summed E-state index contributed by atoms with van der Waals surface area (Å²) in [5.74, 6) is 0.181. The van der Waals surface area contributed by atoms with E-state index < -0.39 is 10.8 Å². The third-order valence-corrected chi connectivity index (χ3v) is 3.31. The second-order valence-electron chi connectivity index (χ2n) is 5.08. The lowest BCUT2D eigenvalue weighted by atomic mass is 10.1. The molecule has 0 aromatic heterocycles. The van der Waals surface area contributed by atoms with Crippen molar-refractivity contribution in [2.75, 3.05) is 11.9 Å². The lowest BCUT2D eigenvalue weighted by Crippen LogP contribution is -2.20. The monoisotopic (exact) mass is 334 g/mol. The van der Waals surface area contributed by atoms with E-state index in [1.54, 1.807) is 0 Å². The first-order chi connectivity index (χ1) is 10.8. The summed E-state index contributed by atoms with van der Waals surface area (Å²) in [5.41, 5.74) is 2.09. The molecule has 6 nitrogen and oxygen atoms in total. The number of rotatable bonds is 5. The number of hydrogen-bond acceptors (Lipinski definition) is 4. The van der Waals surface area contributed by atoms with Gasteiger partial charge in [-0.25, -0.2) is 0 Å². The summed E-state index contributed by atoms with van der Waals surface area (Å²) >= 11 is 5.72. The number of nitro benzene ring substituents is 1. The van der Waals surface area contributed by atoms with Gasteiger partial charge in [0.15, 0.2) is 6.61 Å². The molecule has 7 heteroatoms. The number of nitro groups is 1. The van der Waals surface area contributed by atoms with Gasteiger partial charge in [-0.2, -0.15) is 0 Å². The van der Waals surface area contributed by atoms with Gasteiger partial charge in [0, 0.05) is 11.8 Å². The molecule has 0 heterocycles. The van der Waals surface area contributed by atoms with E-state index in [-0.39, 0.29) is 23.0 Å². The maximum Gasteiger partial charge on any atom is 0.289 e. The zero-order chi connectivity index (χ0) is 17.0. The molecule has 1 amide bonds. The number of halogens is 1. The summed E-state index contributed by atoms with van der Waals surface area (Å²) < 4.78 is 5.43. The molecule has 120 valence electrons. The molecule has 2 aromatic rings. The van der Waals surface area contributed by atoms with Gasteiger partial charge in [0.1, 0.15) is 10.8 Å². The van der Waals surface area contributed by atoms with Crippen LogP contribution in [0.1, 0.15) is 11.1 Å². The van der Waals surface area contributed by atoms with Crippen molar-refractivity contribution in [3.05, 3.63) is 62.7 Å². The van der Waals surface area contributed by atoms with Crippen molar-refractivity contribution in [3.63, 3.8) is 0 Å². The van der Waals surface area contributed by atoms with Gasteiger partial charge in [-0.15, -0.1) is 0 Å². The Morgan fingerprint density at radius 2 is 1.87 bits per heavy atom. The number of carbonyl (C=O) groups is 1. The van der Waals surface area contributed by atoms with Crippen molar-refractivity contribution in [2.45, 2.75) is 13.8 Å². The average Bonchev–Trinajstić information content (AvgIpc) is 2.46. The molecule has 0 saturated heterocycles. The van der Waals surface area contributed by atoms with Crippen molar-refractivity contribution >= 4 is 28.9 Å². The van der Waals surface area contributed by atoms with Crippen molar-refractivity contribution in [3.8, 4) is 5.75 Å². The molecule has 0 unspecified atom stereocenters. The number of anilines is 1. The van der Waals surface area contributed by atoms with Gasteiger partial charge in [0.2, 0.25) is 0 Å². The molecule has 0 spiro atoms. The van der Waals surface area contributed by atoms with Crippen molar-refractivity contribution in [1.82, 2.24) is 0 Å². The highest BCUT2D eigenvalue weighted by Gasteiger charge is 2.14. The minimum atomic E-state index is -0.607. The Labute approximate surface area is 138 Å². The van der Waals surface area contributed by atoms with Crippen molar-refractivity contribution in [1.29, 1.82) is 0 Å². The van der Waals surface area contributed by atoms with Crippen LogP contribution in [0.25, 0.3) is 0 Å². The van der Waals surface area contributed by atoms with Crippen LogP contribution in [0.4, 0.5) is 11.4 Å². The summed E-state index contributed by atoms with van der Waals surface area (Å²) in [4.78, 5) is 22.1. The Hall–Kier alpha value is -2.60. The van der Waals surface area contributed by atoms with E-state index in [1.165, 1.54) is 18.2 Å². The van der Waals surface area contributed by atoms with Crippen LogP contribution in [0.5, 0.6) is 5.75 Å². The van der Waals surface area contributed by atoms with E-state index in [9.17, 15) is 14.9 Å². The highest BCUT2D eigenvalue weighted by atomic mass is 35.5. The maximum atomic E-state index is 11.9. The zero-order valence-electron chi connectivity index (χ0n) is 12.6. The van der Waals surface area contributed by atoms with Crippen LogP contribution in [0, 0.1) is 24.0 Å². The van der Waals surface area contributed by atoms with Crippen molar-refractivity contribution in [2.24, 2.45) is 0 Å². The fraction of sp³-hybridized carbons (Fsp3) is 0.188. The zero-order valence-corrected chi connectivity index (χ0v) is 13.4. The van der Waals surface area contributed by atoms with Gasteiger partial charge in [0.25, 0.3) is 11.6 Å². The van der Waals surface area contributed by atoms with E-state index in [2.05, 4.69) is 5.32 Å². The molecule has 0 aliphatic rings. The van der Waals surface area contributed by atoms with Crippen LogP contribution in [0.2, 0.25) is 5.02 Å². The van der Waals surface area contributed by atoms with Crippen molar-refractivity contribution < 1.29 is 14.5 Å². The summed E-state index contributed by atoms with van der Waals surface area (Å²) in [6.07, 6.45) is 0. The van der Waals surface area contributed by atoms with Crippen LogP contribution in [-0.2, 0) is 4.79 Å². The number of aryl methyl sites for hydroxylation is 2. The van der Waals surface area contributed by atoms with E-state index >= 15 is 0 Å². The second-order valence-corrected chi connectivity index (χ2v) is 5.49. The lowest BCUT2D eigenvalue weighted by molar-refractivity contribution is -0.384. The summed E-state index contributed by atoms with van der Waals surface area (Å²) in [7, 11) is 0. The minimum absolute atomic E-state index is 0.0134. The molecular weight excluding hydrogens is 320 g/mol. The van der Waals surface area contributed by atoms with E-state index in [1.807, 2.05) is 32.0 Å². The topological polar surface area (TPSA) is 81.5 Å². The molecular formula is C16H15ClN2O4. The lowest BCUT2D eigenvalue weighted by Gasteiger charge is -2.09. The molecule has 0 bridgehead atoms. The second kappa shape index (κ2) is 7.11. The van der Waals surface area contributed by atoms with Gasteiger partial charge in [-0.1, -0.05) is 17.7 Å². The Morgan fingerprint density at radius 3 is 2.48 bits per heavy atom. The molecule has 2 aromatic carbocycles. The molecule has 1 N–H and O–H groups in total. The molecule has 2 rings (SSSR count). The standard InChI is InChI=1S/C16H15ClN2O4/c1-10-5-11(2)7-13(6-10)23-9-16(20)18-12-3-4-14(17)15(8-12)19(21)22/h3-8H,9H2,1-2H3,(H,18,20). The first kappa shape index (κ1) is 16.8. The molecule has 0 atom stereocenters. The van der Waals surface area contributed by atoms with E-state index in [0.717, 1.165) is 11.1 Å². The molecule has 23 heavy (non-hydrogen) atoms. The highest BCUT2D eigenvalue weighted by molar-refractivity contribution is 6.32. The smallest absolute Gasteiger partial charge is 0.289 e. The Morgan fingerprint density at radius 1 is 1.22 bits per heavy atom. The quantitative estimate of drug-likeness (QED) is 0.664. The van der Waals surface area contributed by atoms with Crippen LogP contribution in [-0.4, -0.2) is 17.4 Å².